The number of amides is 3. The molecule has 0 radical (unpaired) electrons. The minimum absolute atomic E-state index is 0.00255. The van der Waals surface area contributed by atoms with Gasteiger partial charge in [0.05, 0.1) is 12.4 Å². The summed E-state index contributed by atoms with van der Waals surface area (Å²) in [5.74, 6) is -5.08. The Bertz CT molecular complexity index is 1140. The third-order valence-corrected chi connectivity index (χ3v) is 5.90. The van der Waals surface area contributed by atoms with E-state index in [1.165, 1.54) is 24.7 Å². The zero-order chi connectivity index (χ0) is 29.1. The highest BCUT2D eigenvalue weighted by molar-refractivity contribution is 5.94. The third kappa shape index (κ3) is 10.1. The summed E-state index contributed by atoms with van der Waals surface area (Å²) >= 11 is 0. The van der Waals surface area contributed by atoms with Crippen LogP contribution in [0.4, 0.5) is 0 Å². The van der Waals surface area contributed by atoms with Gasteiger partial charge in [0.1, 0.15) is 23.9 Å². The third-order valence-electron chi connectivity index (χ3n) is 5.90. The Morgan fingerprint density at radius 2 is 1.46 bits per heavy atom. The van der Waals surface area contributed by atoms with Crippen LogP contribution in [-0.2, 0) is 36.8 Å². The number of H-pyrrole nitrogens is 1. The van der Waals surface area contributed by atoms with Crippen molar-refractivity contribution in [1.82, 2.24) is 25.9 Å². The molecule has 14 heteroatoms. The average Bonchev–Trinajstić information content (AvgIpc) is 3.39. The Morgan fingerprint density at radius 3 is 1.97 bits per heavy atom. The average molecular weight is 547 g/mol. The number of nitrogens with zero attached hydrogens (tertiary/aromatic N) is 1. The highest BCUT2D eigenvalue weighted by Gasteiger charge is 2.31. The molecule has 4 atom stereocenters. The van der Waals surface area contributed by atoms with E-state index in [1.807, 2.05) is 0 Å². The number of hydrogen-bond donors (Lipinski definition) is 8. The summed E-state index contributed by atoms with van der Waals surface area (Å²) in [6, 6.07) is 1.08. The van der Waals surface area contributed by atoms with Crippen molar-refractivity contribution in [3.63, 3.8) is 0 Å². The zero-order valence-corrected chi connectivity index (χ0v) is 21.6. The van der Waals surface area contributed by atoms with Gasteiger partial charge >= 0.3 is 11.9 Å². The van der Waals surface area contributed by atoms with Crippen molar-refractivity contribution in [2.75, 3.05) is 0 Å². The number of phenols is 1. The van der Waals surface area contributed by atoms with Gasteiger partial charge in [-0.05, 0) is 30.0 Å². The molecule has 0 aliphatic carbocycles. The standard InChI is InChI=1S/C25H34N6O8/c1-13(2)21(26)24(37)31-18(9-14-3-5-16(32)6-4-14)22(35)30-19(10-15-11-27-12-28-15)23(36)29-17(25(38)39)7-8-20(33)34/h3-6,11-13,17-19,21,32H,7-10,26H2,1-2H3,(H,27,28)(H,29,36)(H,30,35)(H,31,37)(H,33,34)(H,38,39). The number of aromatic amines is 1. The van der Waals surface area contributed by atoms with E-state index in [0.29, 0.717) is 11.3 Å². The predicted octanol–water partition coefficient (Wildman–Crippen LogP) is -0.712. The lowest BCUT2D eigenvalue weighted by Gasteiger charge is -2.25. The largest absolute Gasteiger partial charge is 0.508 e. The number of carboxylic acids is 2. The molecule has 1 aromatic heterocycles. The Hall–Kier alpha value is -4.46. The number of phenolic OH excluding ortho intramolecular Hbond substituents is 1. The molecule has 1 aromatic carbocycles. The molecule has 3 amide bonds. The molecule has 1 heterocycles. The summed E-state index contributed by atoms with van der Waals surface area (Å²) in [4.78, 5) is 68.4. The van der Waals surface area contributed by atoms with Crippen molar-refractivity contribution in [2.45, 2.75) is 63.7 Å². The molecule has 9 N–H and O–H groups in total. The molecule has 0 spiro atoms. The molecule has 2 rings (SSSR count). The molecule has 212 valence electrons. The number of aliphatic carboxylic acids is 2. The Kier molecular flexibility index (Phi) is 11.4. The predicted molar refractivity (Wildman–Crippen MR) is 137 cm³/mol. The minimum atomic E-state index is -1.51. The first-order valence-electron chi connectivity index (χ1n) is 12.2. The number of rotatable bonds is 15. The van der Waals surface area contributed by atoms with Crippen molar-refractivity contribution in [2.24, 2.45) is 11.7 Å². The SMILES string of the molecule is CC(C)C(N)C(=O)NC(Cc1ccc(O)cc1)C(=O)NC(Cc1cnc[nH]1)C(=O)NC(CCC(=O)O)C(=O)O. The van der Waals surface area contributed by atoms with Crippen LogP contribution in [0.25, 0.3) is 0 Å². The van der Waals surface area contributed by atoms with Crippen LogP contribution in [-0.4, -0.2) is 79.1 Å². The molecule has 0 saturated heterocycles. The molecule has 0 aliphatic rings. The molecule has 2 aromatic rings. The molecule has 0 aliphatic heterocycles. The van der Waals surface area contributed by atoms with E-state index in [9.17, 15) is 34.2 Å². The van der Waals surface area contributed by atoms with E-state index in [4.69, 9.17) is 10.8 Å². The van der Waals surface area contributed by atoms with Crippen molar-refractivity contribution in [3.8, 4) is 5.75 Å². The highest BCUT2D eigenvalue weighted by Crippen LogP contribution is 2.12. The van der Waals surface area contributed by atoms with Gasteiger partial charge in [-0.2, -0.15) is 0 Å². The normalized spacial score (nSPS) is 14.1. The molecular formula is C25H34N6O8. The molecular weight excluding hydrogens is 512 g/mol. The lowest BCUT2D eigenvalue weighted by atomic mass is 10.0. The lowest BCUT2D eigenvalue weighted by molar-refractivity contribution is -0.143. The second-order valence-corrected chi connectivity index (χ2v) is 9.38. The fourth-order valence-electron chi connectivity index (χ4n) is 3.54. The maximum Gasteiger partial charge on any atom is 0.326 e. The molecule has 0 bridgehead atoms. The smallest absolute Gasteiger partial charge is 0.326 e. The van der Waals surface area contributed by atoms with E-state index in [1.54, 1.807) is 26.0 Å². The first-order valence-corrected chi connectivity index (χ1v) is 12.2. The van der Waals surface area contributed by atoms with E-state index in [2.05, 4.69) is 25.9 Å². The fraction of sp³-hybridized carbons (Fsp3) is 0.440. The van der Waals surface area contributed by atoms with Gasteiger partial charge in [-0.15, -0.1) is 0 Å². The number of imidazole rings is 1. The number of carboxylic acid groups (broad SMARTS) is 2. The Morgan fingerprint density at radius 1 is 0.897 bits per heavy atom. The first-order chi connectivity index (χ1) is 18.4. The van der Waals surface area contributed by atoms with E-state index in [0.717, 1.165) is 0 Å². The van der Waals surface area contributed by atoms with Crippen LogP contribution < -0.4 is 21.7 Å². The molecule has 0 fully saturated rings. The number of benzene rings is 1. The van der Waals surface area contributed by atoms with Crippen LogP contribution in [0.2, 0.25) is 0 Å². The number of hydrogen-bond acceptors (Lipinski definition) is 8. The van der Waals surface area contributed by atoms with E-state index < -0.39 is 60.2 Å². The molecule has 0 saturated carbocycles. The summed E-state index contributed by atoms with van der Waals surface area (Å²) in [5.41, 5.74) is 7.00. The van der Waals surface area contributed by atoms with Crippen LogP contribution in [0, 0.1) is 5.92 Å². The van der Waals surface area contributed by atoms with Gasteiger partial charge in [0.15, 0.2) is 0 Å². The highest BCUT2D eigenvalue weighted by atomic mass is 16.4. The van der Waals surface area contributed by atoms with Crippen LogP contribution in [0.3, 0.4) is 0 Å². The van der Waals surface area contributed by atoms with Crippen LogP contribution in [0.1, 0.15) is 37.9 Å². The molecule has 39 heavy (non-hydrogen) atoms. The van der Waals surface area contributed by atoms with Crippen molar-refractivity contribution in [1.29, 1.82) is 0 Å². The number of nitrogens with two attached hydrogens (primary N) is 1. The topological polar surface area (TPSA) is 237 Å². The quantitative estimate of drug-likeness (QED) is 0.140. The number of aromatic nitrogens is 2. The van der Waals surface area contributed by atoms with Gasteiger partial charge in [0, 0.05) is 31.2 Å². The first kappa shape index (κ1) is 30.8. The summed E-state index contributed by atoms with van der Waals surface area (Å²) in [7, 11) is 0. The summed E-state index contributed by atoms with van der Waals surface area (Å²) < 4.78 is 0. The van der Waals surface area contributed by atoms with Gasteiger partial charge in [0.2, 0.25) is 17.7 Å². The molecule has 14 nitrogen and oxygen atoms in total. The van der Waals surface area contributed by atoms with Gasteiger partial charge in [-0.25, -0.2) is 9.78 Å². The van der Waals surface area contributed by atoms with Crippen molar-refractivity contribution >= 4 is 29.7 Å². The molecule has 4 unspecified atom stereocenters. The van der Waals surface area contributed by atoms with Crippen LogP contribution >= 0.6 is 0 Å². The number of carbonyl (C=O) groups excluding carboxylic acids is 3. The Labute approximate surface area is 224 Å². The van der Waals surface area contributed by atoms with Crippen molar-refractivity contribution < 1.29 is 39.3 Å². The van der Waals surface area contributed by atoms with E-state index in [-0.39, 0.29) is 30.9 Å². The summed E-state index contributed by atoms with van der Waals surface area (Å²) in [5, 5.41) is 35.3. The second-order valence-electron chi connectivity index (χ2n) is 9.38. The van der Waals surface area contributed by atoms with Gasteiger partial charge in [0.25, 0.3) is 0 Å². The maximum atomic E-state index is 13.4. The minimum Gasteiger partial charge on any atom is -0.508 e. The van der Waals surface area contributed by atoms with Gasteiger partial charge < -0.3 is 42.0 Å². The zero-order valence-electron chi connectivity index (χ0n) is 21.6. The summed E-state index contributed by atoms with van der Waals surface area (Å²) in [6.07, 6.45) is 1.81. The van der Waals surface area contributed by atoms with Crippen LogP contribution in [0.15, 0.2) is 36.8 Å². The van der Waals surface area contributed by atoms with Gasteiger partial charge in [-0.1, -0.05) is 26.0 Å². The summed E-state index contributed by atoms with van der Waals surface area (Å²) in [6.45, 7) is 3.49. The van der Waals surface area contributed by atoms with Crippen LogP contribution in [0.5, 0.6) is 5.75 Å². The number of aromatic hydroxyl groups is 1. The lowest BCUT2D eigenvalue weighted by Crippen LogP contribution is -2.58. The second kappa shape index (κ2) is 14.5. The van der Waals surface area contributed by atoms with E-state index >= 15 is 0 Å². The van der Waals surface area contributed by atoms with Crippen molar-refractivity contribution in [3.05, 3.63) is 48.0 Å². The fourth-order valence-corrected chi connectivity index (χ4v) is 3.54. The maximum absolute atomic E-state index is 13.4. The monoisotopic (exact) mass is 546 g/mol. The number of nitrogens with one attached hydrogen (secondary N) is 4. The van der Waals surface area contributed by atoms with Gasteiger partial charge in [-0.3, -0.25) is 19.2 Å². The number of carbonyl (C=O) groups is 5. The Balaban J connectivity index is 2.28.